The van der Waals surface area contributed by atoms with Crippen LogP contribution in [-0.2, 0) is 4.74 Å². The van der Waals surface area contributed by atoms with Crippen LogP contribution in [0.2, 0.25) is 0 Å². The second kappa shape index (κ2) is 4.63. The van der Waals surface area contributed by atoms with Gasteiger partial charge in [0.2, 0.25) is 0 Å². The quantitative estimate of drug-likeness (QED) is 0.737. The lowest BCUT2D eigenvalue weighted by Crippen LogP contribution is -2.30. The average molecular weight is 198 g/mol. The highest BCUT2D eigenvalue weighted by atomic mass is 16.5. The average Bonchev–Trinajstić information content (AvgIpc) is 2.64. The highest BCUT2D eigenvalue weighted by Gasteiger charge is 2.30. The molecule has 4 unspecified atom stereocenters. The molecule has 0 spiro atoms. The molecule has 14 heavy (non-hydrogen) atoms. The van der Waals surface area contributed by atoms with E-state index in [2.05, 4.69) is 6.92 Å². The highest BCUT2D eigenvalue weighted by molar-refractivity contribution is 4.81. The lowest BCUT2D eigenvalue weighted by atomic mass is 9.76. The second-order valence-corrected chi connectivity index (χ2v) is 5.21. The summed E-state index contributed by atoms with van der Waals surface area (Å²) in [6.45, 7) is 4.17. The van der Waals surface area contributed by atoms with E-state index in [1.54, 1.807) is 0 Å². The monoisotopic (exact) mass is 198 g/mol. The number of aliphatic hydroxyl groups excluding tert-OH is 1. The Morgan fingerprint density at radius 1 is 1.29 bits per heavy atom. The highest BCUT2D eigenvalue weighted by Crippen LogP contribution is 2.34. The van der Waals surface area contributed by atoms with E-state index in [0.29, 0.717) is 5.92 Å². The van der Waals surface area contributed by atoms with E-state index in [1.807, 2.05) is 0 Å². The van der Waals surface area contributed by atoms with Gasteiger partial charge in [0.25, 0.3) is 0 Å². The van der Waals surface area contributed by atoms with Gasteiger partial charge in [-0.25, -0.2) is 0 Å². The second-order valence-electron chi connectivity index (χ2n) is 5.21. The zero-order chi connectivity index (χ0) is 9.97. The molecule has 0 radical (unpaired) electrons. The molecule has 82 valence electrons. The first-order chi connectivity index (χ1) is 6.75. The molecule has 2 fully saturated rings. The molecule has 0 aromatic rings. The molecular formula is C12H22O2. The molecule has 1 aliphatic carbocycles. The molecule has 1 heterocycles. The van der Waals surface area contributed by atoms with E-state index in [9.17, 15) is 5.11 Å². The molecule has 0 amide bonds. The van der Waals surface area contributed by atoms with E-state index in [-0.39, 0.29) is 6.10 Å². The van der Waals surface area contributed by atoms with Crippen molar-refractivity contribution in [3.8, 4) is 0 Å². The van der Waals surface area contributed by atoms with Gasteiger partial charge >= 0.3 is 0 Å². The minimum Gasteiger partial charge on any atom is -0.393 e. The molecule has 2 rings (SSSR count). The van der Waals surface area contributed by atoms with Gasteiger partial charge in [0.05, 0.1) is 6.10 Å². The van der Waals surface area contributed by atoms with Crippen molar-refractivity contribution < 1.29 is 9.84 Å². The van der Waals surface area contributed by atoms with Crippen molar-refractivity contribution in [1.82, 2.24) is 0 Å². The first-order valence-corrected chi connectivity index (χ1v) is 6.01. The maximum Gasteiger partial charge on any atom is 0.0568 e. The van der Waals surface area contributed by atoms with Crippen molar-refractivity contribution in [2.45, 2.75) is 45.1 Å². The first-order valence-electron chi connectivity index (χ1n) is 6.01. The molecule has 0 bridgehead atoms. The molecule has 1 N–H and O–H groups in total. The summed E-state index contributed by atoms with van der Waals surface area (Å²) in [5.74, 6) is 2.08. The van der Waals surface area contributed by atoms with Crippen LogP contribution in [0, 0.1) is 17.8 Å². The molecule has 2 aliphatic rings. The Kier molecular flexibility index (Phi) is 3.45. The summed E-state index contributed by atoms with van der Waals surface area (Å²) in [4.78, 5) is 0. The van der Waals surface area contributed by atoms with Gasteiger partial charge in [-0.2, -0.15) is 0 Å². The molecule has 1 saturated heterocycles. The van der Waals surface area contributed by atoms with Crippen molar-refractivity contribution in [3.05, 3.63) is 0 Å². The minimum absolute atomic E-state index is 0.0354. The van der Waals surface area contributed by atoms with Crippen LogP contribution < -0.4 is 0 Å². The van der Waals surface area contributed by atoms with Crippen molar-refractivity contribution in [1.29, 1.82) is 0 Å². The Labute approximate surface area is 86.6 Å². The molecule has 1 saturated carbocycles. The van der Waals surface area contributed by atoms with Crippen LogP contribution in [0.25, 0.3) is 0 Å². The number of hydrogen-bond acceptors (Lipinski definition) is 2. The smallest absolute Gasteiger partial charge is 0.0568 e. The molecule has 1 aliphatic heterocycles. The topological polar surface area (TPSA) is 29.5 Å². The van der Waals surface area contributed by atoms with Gasteiger partial charge in [-0.3, -0.25) is 0 Å². The van der Waals surface area contributed by atoms with Crippen LogP contribution in [0.1, 0.15) is 39.0 Å². The van der Waals surface area contributed by atoms with Crippen molar-refractivity contribution in [3.63, 3.8) is 0 Å². The maximum absolute atomic E-state index is 9.91. The van der Waals surface area contributed by atoms with Crippen LogP contribution in [-0.4, -0.2) is 24.4 Å². The molecular weight excluding hydrogens is 176 g/mol. The Morgan fingerprint density at radius 2 is 2.14 bits per heavy atom. The molecule has 2 heteroatoms. The lowest BCUT2D eigenvalue weighted by molar-refractivity contribution is 0.0374. The van der Waals surface area contributed by atoms with Gasteiger partial charge in [-0.15, -0.1) is 0 Å². The summed E-state index contributed by atoms with van der Waals surface area (Å²) in [5.41, 5.74) is 0. The summed E-state index contributed by atoms with van der Waals surface area (Å²) in [6.07, 6.45) is 5.80. The minimum atomic E-state index is -0.0354. The number of aliphatic hydroxyl groups is 1. The van der Waals surface area contributed by atoms with Crippen molar-refractivity contribution in [2.75, 3.05) is 13.2 Å². The summed E-state index contributed by atoms with van der Waals surface area (Å²) in [6, 6.07) is 0. The van der Waals surface area contributed by atoms with Crippen LogP contribution in [0.3, 0.4) is 0 Å². The largest absolute Gasteiger partial charge is 0.393 e. The summed E-state index contributed by atoms with van der Waals surface area (Å²) in [5, 5.41) is 9.91. The molecule has 0 aromatic heterocycles. The first kappa shape index (κ1) is 10.4. The standard InChI is InChI=1S/C12H22O2/c1-9-2-3-12(13)11(6-9)7-10-4-5-14-8-10/h9-13H,2-8H2,1H3. The van der Waals surface area contributed by atoms with Gasteiger partial charge in [0, 0.05) is 13.2 Å². The summed E-state index contributed by atoms with van der Waals surface area (Å²) < 4.78 is 5.38. The van der Waals surface area contributed by atoms with E-state index in [0.717, 1.165) is 31.5 Å². The van der Waals surface area contributed by atoms with E-state index in [4.69, 9.17) is 4.74 Å². The van der Waals surface area contributed by atoms with Crippen LogP contribution in [0.15, 0.2) is 0 Å². The van der Waals surface area contributed by atoms with Gasteiger partial charge in [-0.05, 0) is 49.9 Å². The number of rotatable bonds is 2. The molecule has 2 nitrogen and oxygen atoms in total. The molecule has 0 aromatic carbocycles. The van der Waals surface area contributed by atoms with E-state index >= 15 is 0 Å². The van der Waals surface area contributed by atoms with E-state index in [1.165, 1.54) is 25.7 Å². The third-order valence-electron chi connectivity index (χ3n) is 3.86. The Hall–Kier alpha value is -0.0800. The van der Waals surface area contributed by atoms with Gasteiger partial charge in [0.1, 0.15) is 0 Å². The van der Waals surface area contributed by atoms with Crippen LogP contribution in [0.4, 0.5) is 0 Å². The van der Waals surface area contributed by atoms with E-state index < -0.39 is 0 Å². The normalized spacial score (nSPS) is 44.1. The third kappa shape index (κ3) is 2.48. The predicted octanol–water partition coefficient (Wildman–Crippen LogP) is 2.21. The summed E-state index contributed by atoms with van der Waals surface area (Å²) >= 11 is 0. The number of hydrogen-bond donors (Lipinski definition) is 1. The SMILES string of the molecule is CC1CCC(O)C(CC2CCOC2)C1. The fraction of sp³-hybridized carbons (Fsp3) is 1.00. The van der Waals surface area contributed by atoms with Crippen molar-refractivity contribution in [2.24, 2.45) is 17.8 Å². The van der Waals surface area contributed by atoms with Gasteiger partial charge in [0.15, 0.2) is 0 Å². The zero-order valence-corrected chi connectivity index (χ0v) is 9.11. The predicted molar refractivity (Wildman–Crippen MR) is 56.1 cm³/mol. The third-order valence-corrected chi connectivity index (χ3v) is 3.86. The fourth-order valence-electron chi connectivity index (χ4n) is 2.93. The Balaban J connectivity index is 1.82. The van der Waals surface area contributed by atoms with Gasteiger partial charge < -0.3 is 9.84 Å². The van der Waals surface area contributed by atoms with Gasteiger partial charge in [-0.1, -0.05) is 6.92 Å². The fourth-order valence-corrected chi connectivity index (χ4v) is 2.93. The Morgan fingerprint density at radius 3 is 2.86 bits per heavy atom. The van der Waals surface area contributed by atoms with Crippen molar-refractivity contribution >= 4 is 0 Å². The van der Waals surface area contributed by atoms with Crippen LogP contribution >= 0.6 is 0 Å². The molecule has 4 atom stereocenters. The maximum atomic E-state index is 9.91. The zero-order valence-electron chi connectivity index (χ0n) is 9.11. The summed E-state index contributed by atoms with van der Waals surface area (Å²) in [7, 11) is 0. The number of ether oxygens (including phenoxy) is 1. The Bertz CT molecular complexity index is 175. The lowest BCUT2D eigenvalue weighted by Gasteiger charge is -2.32. The van der Waals surface area contributed by atoms with Crippen LogP contribution in [0.5, 0.6) is 0 Å².